The second-order valence-electron chi connectivity index (χ2n) is 9.33. The molecule has 5 rings (SSSR count). The average molecular weight is 515 g/mol. The number of para-hydroxylation sites is 1. The standard InChI is InChI=1S/C30H30N2O6/c1-3-4-8-19-37-24-17-15-22(16-18-24)31-28(33)25-26(20-11-13-21(14-12-20)30(35)36-2)32(38-27(25)29(31)34)23-9-6-5-7-10-23/h5-7,9-18,25-27H,3-4,8,19H2,1-2H3/t25-,26+,27+/m0/s1. The summed E-state index contributed by atoms with van der Waals surface area (Å²) in [6.07, 6.45) is 2.22. The van der Waals surface area contributed by atoms with Gasteiger partial charge in [0, 0.05) is 0 Å². The molecule has 196 valence electrons. The molecule has 2 aliphatic heterocycles. The number of carbonyl (C=O) groups excluding carboxylic acids is 3. The van der Waals surface area contributed by atoms with Crippen LogP contribution in [0.3, 0.4) is 0 Å². The van der Waals surface area contributed by atoms with Gasteiger partial charge in [-0.25, -0.2) is 14.8 Å². The van der Waals surface area contributed by atoms with Crippen molar-refractivity contribution in [3.05, 3.63) is 90.0 Å². The Bertz CT molecular complexity index is 1290. The van der Waals surface area contributed by atoms with Gasteiger partial charge in [-0.3, -0.25) is 14.4 Å². The number of fused-ring (bicyclic) bond motifs is 1. The van der Waals surface area contributed by atoms with E-state index >= 15 is 0 Å². The number of imide groups is 1. The van der Waals surface area contributed by atoms with Crippen LogP contribution in [-0.2, 0) is 19.2 Å². The van der Waals surface area contributed by atoms with E-state index in [-0.39, 0.29) is 5.91 Å². The van der Waals surface area contributed by atoms with Crippen molar-refractivity contribution in [1.82, 2.24) is 0 Å². The van der Waals surface area contributed by atoms with E-state index in [1.54, 1.807) is 53.6 Å². The van der Waals surface area contributed by atoms with E-state index in [0.29, 0.717) is 23.6 Å². The molecule has 0 radical (unpaired) electrons. The van der Waals surface area contributed by atoms with E-state index in [2.05, 4.69) is 6.92 Å². The molecule has 2 fully saturated rings. The smallest absolute Gasteiger partial charge is 0.337 e. The van der Waals surface area contributed by atoms with Crippen molar-refractivity contribution in [2.24, 2.45) is 5.92 Å². The number of ether oxygens (including phenoxy) is 2. The molecule has 2 aliphatic rings. The number of carbonyl (C=O) groups is 3. The Balaban J connectivity index is 1.43. The maximum absolute atomic E-state index is 13.8. The minimum atomic E-state index is -0.974. The Morgan fingerprint density at radius 3 is 2.24 bits per heavy atom. The first-order chi connectivity index (χ1) is 18.5. The zero-order valence-electron chi connectivity index (χ0n) is 21.4. The molecule has 2 saturated heterocycles. The van der Waals surface area contributed by atoms with Crippen LogP contribution in [-0.4, -0.2) is 37.6 Å². The van der Waals surface area contributed by atoms with Crippen LogP contribution in [0, 0.1) is 5.92 Å². The van der Waals surface area contributed by atoms with E-state index < -0.39 is 29.9 Å². The monoisotopic (exact) mass is 514 g/mol. The molecule has 38 heavy (non-hydrogen) atoms. The lowest BCUT2D eigenvalue weighted by Crippen LogP contribution is -2.37. The normalized spacial score (nSPS) is 20.5. The highest BCUT2D eigenvalue weighted by Crippen LogP contribution is 2.47. The van der Waals surface area contributed by atoms with E-state index in [4.69, 9.17) is 14.3 Å². The van der Waals surface area contributed by atoms with Crippen molar-refractivity contribution >= 4 is 29.2 Å². The number of nitrogens with zero attached hydrogens (tertiary/aromatic N) is 2. The lowest BCUT2D eigenvalue weighted by molar-refractivity contribution is -0.126. The lowest BCUT2D eigenvalue weighted by atomic mass is 9.90. The molecule has 2 amide bonds. The van der Waals surface area contributed by atoms with Crippen LogP contribution in [0.1, 0.15) is 48.1 Å². The molecular formula is C30H30N2O6. The van der Waals surface area contributed by atoms with Gasteiger partial charge < -0.3 is 9.47 Å². The first-order valence-electron chi connectivity index (χ1n) is 12.8. The van der Waals surface area contributed by atoms with Crippen LogP contribution in [0.15, 0.2) is 78.9 Å². The molecule has 8 heteroatoms. The average Bonchev–Trinajstić information content (AvgIpc) is 3.47. The van der Waals surface area contributed by atoms with Gasteiger partial charge in [-0.1, -0.05) is 50.1 Å². The van der Waals surface area contributed by atoms with E-state index in [1.165, 1.54) is 12.0 Å². The summed E-state index contributed by atoms with van der Waals surface area (Å²) in [4.78, 5) is 46.7. The lowest BCUT2D eigenvalue weighted by Gasteiger charge is -2.28. The number of benzene rings is 3. The molecule has 0 aliphatic carbocycles. The van der Waals surface area contributed by atoms with Gasteiger partial charge in [-0.15, -0.1) is 0 Å². The molecular weight excluding hydrogens is 484 g/mol. The predicted octanol–water partition coefficient (Wildman–Crippen LogP) is 5.09. The summed E-state index contributed by atoms with van der Waals surface area (Å²) in [5, 5.41) is 1.63. The fraction of sp³-hybridized carbons (Fsp3) is 0.300. The summed E-state index contributed by atoms with van der Waals surface area (Å²) < 4.78 is 10.6. The molecule has 0 bridgehead atoms. The first kappa shape index (κ1) is 25.5. The Kier molecular flexibility index (Phi) is 7.42. The SMILES string of the molecule is CCCCCOc1ccc(N2C(=O)[C@H]3[C@@H](c4ccc(C(=O)OC)cc4)N(c4ccccc4)O[C@H]3C2=O)cc1. The maximum Gasteiger partial charge on any atom is 0.337 e. The number of hydroxylamine groups is 1. The molecule has 3 aromatic carbocycles. The molecule has 2 heterocycles. The van der Waals surface area contributed by atoms with Gasteiger partial charge in [0.1, 0.15) is 11.7 Å². The number of rotatable bonds is 9. The molecule has 3 atom stereocenters. The van der Waals surface area contributed by atoms with Gasteiger partial charge in [-0.05, 0) is 60.5 Å². The van der Waals surface area contributed by atoms with Crippen molar-refractivity contribution in [2.45, 2.75) is 38.3 Å². The fourth-order valence-corrected chi connectivity index (χ4v) is 4.97. The Labute approximate surface area is 221 Å². The van der Waals surface area contributed by atoms with Gasteiger partial charge in [0.2, 0.25) is 5.91 Å². The summed E-state index contributed by atoms with van der Waals surface area (Å²) >= 11 is 0. The second-order valence-corrected chi connectivity index (χ2v) is 9.33. The van der Waals surface area contributed by atoms with Crippen LogP contribution in [0.5, 0.6) is 5.75 Å². The zero-order chi connectivity index (χ0) is 26.6. The predicted molar refractivity (Wildman–Crippen MR) is 142 cm³/mol. The molecule has 0 spiro atoms. The van der Waals surface area contributed by atoms with E-state index in [9.17, 15) is 14.4 Å². The molecule has 8 nitrogen and oxygen atoms in total. The molecule has 0 saturated carbocycles. The number of amides is 2. The number of esters is 1. The Hall–Kier alpha value is -4.17. The third kappa shape index (κ3) is 4.75. The highest BCUT2D eigenvalue weighted by Gasteiger charge is 2.60. The van der Waals surface area contributed by atoms with Gasteiger partial charge in [0.25, 0.3) is 5.91 Å². The third-order valence-electron chi connectivity index (χ3n) is 6.91. The van der Waals surface area contributed by atoms with Crippen molar-refractivity contribution in [3.63, 3.8) is 0 Å². The second kappa shape index (κ2) is 11.1. The highest BCUT2D eigenvalue weighted by atomic mass is 16.7. The summed E-state index contributed by atoms with van der Waals surface area (Å²) in [7, 11) is 1.32. The van der Waals surface area contributed by atoms with Crippen LogP contribution in [0.25, 0.3) is 0 Å². The molecule has 0 unspecified atom stereocenters. The van der Waals surface area contributed by atoms with Crippen molar-refractivity contribution < 1.29 is 28.7 Å². The summed E-state index contributed by atoms with van der Waals surface area (Å²) in [5.41, 5.74) is 2.34. The fourth-order valence-electron chi connectivity index (χ4n) is 4.97. The largest absolute Gasteiger partial charge is 0.494 e. The minimum absolute atomic E-state index is 0.336. The van der Waals surface area contributed by atoms with Crippen LogP contribution in [0.2, 0.25) is 0 Å². The van der Waals surface area contributed by atoms with Crippen molar-refractivity contribution in [2.75, 3.05) is 23.7 Å². The molecule has 0 aromatic heterocycles. The van der Waals surface area contributed by atoms with E-state index in [0.717, 1.165) is 30.5 Å². The molecule has 3 aromatic rings. The zero-order valence-corrected chi connectivity index (χ0v) is 21.4. The van der Waals surface area contributed by atoms with Gasteiger partial charge in [-0.2, -0.15) is 0 Å². The first-order valence-corrected chi connectivity index (χ1v) is 12.8. The van der Waals surface area contributed by atoms with Crippen LogP contribution in [0.4, 0.5) is 11.4 Å². The third-order valence-corrected chi connectivity index (χ3v) is 6.91. The van der Waals surface area contributed by atoms with E-state index in [1.807, 2.05) is 30.3 Å². The maximum atomic E-state index is 13.8. The minimum Gasteiger partial charge on any atom is -0.494 e. The number of methoxy groups -OCH3 is 1. The number of hydrogen-bond acceptors (Lipinski definition) is 7. The van der Waals surface area contributed by atoms with Gasteiger partial charge in [0.15, 0.2) is 6.10 Å². The number of hydrogen-bond donors (Lipinski definition) is 0. The van der Waals surface area contributed by atoms with Gasteiger partial charge >= 0.3 is 5.97 Å². The highest BCUT2D eigenvalue weighted by molar-refractivity contribution is 6.24. The van der Waals surface area contributed by atoms with Crippen molar-refractivity contribution in [3.8, 4) is 5.75 Å². The Morgan fingerprint density at radius 1 is 0.868 bits per heavy atom. The number of anilines is 2. The Morgan fingerprint density at radius 2 is 1.58 bits per heavy atom. The van der Waals surface area contributed by atoms with Gasteiger partial charge in [0.05, 0.1) is 36.7 Å². The van der Waals surface area contributed by atoms with Crippen LogP contribution >= 0.6 is 0 Å². The summed E-state index contributed by atoms with van der Waals surface area (Å²) in [6, 6.07) is 22.6. The summed E-state index contributed by atoms with van der Waals surface area (Å²) in [6.45, 7) is 2.76. The molecule has 0 N–H and O–H groups in total. The van der Waals surface area contributed by atoms with Crippen molar-refractivity contribution in [1.29, 1.82) is 0 Å². The topological polar surface area (TPSA) is 85.4 Å². The quantitative estimate of drug-likeness (QED) is 0.223. The summed E-state index contributed by atoms with van der Waals surface area (Å²) in [5.74, 6) is -1.27. The van der Waals surface area contributed by atoms with Crippen LogP contribution < -0.4 is 14.7 Å². The number of unbranched alkanes of at least 4 members (excludes halogenated alkanes) is 2.